The van der Waals surface area contributed by atoms with Crippen molar-refractivity contribution in [1.82, 2.24) is 0 Å². The van der Waals surface area contributed by atoms with Crippen LogP contribution in [0.2, 0.25) is 0 Å². The van der Waals surface area contributed by atoms with Crippen molar-refractivity contribution in [1.29, 1.82) is 0 Å². The summed E-state index contributed by atoms with van der Waals surface area (Å²) in [5.74, 6) is -0.302. The first-order valence-electron chi connectivity index (χ1n) is 3.93. The summed E-state index contributed by atoms with van der Waals surface area (Å²) in [7, 11) is 1.54. The van der Waals surface area contributed by atoms with E-state index in [4.69, 9.17) is 15.6 Å². The lowest BCUT2D eigenvalue weighted by Gasteiger charge is -2.13. The molecule has 0 saturated carbocycles. The minimum atomic E-state index is -0.244. The maximum atomic E-state index is 9.19. The molecule has 0 amide bonds. The Kier molecular flexibility index (Phi) is 5.30. The van der Waals surface area contributed by atoms with Crippen molar-refractivity contribution in [3.63, 3.8) is 0 Å². The number of nitrogens with two attached hydrogens (primary N) is 1. The molecular weight excluding hydrogens is 206 g/mol. The molecule has 1 rings (SSSR count). The summed E-state index contributed by atoms with van der Waals surface area (Å²) in [6, 6.07) is 4.51. The molecule has 5 heteroatoms. The third-order valence-electron chi connectivity index (χ3n) is 1.87. The molecule has 0 aliphatic heterocycles. The molecule has 0 saturated heterocycles. The first kappa shape index (κ1) is 13.0. The number of rotatable bonds is 3. The number of ether oxygens (including phenoxy) is 1. The van der Waals surface area contributed by atoms with E-state index >= 15 is 0 Å². The maximum absolute atomic E-state index is 9.19. The lowest BCUT2D eigenvalue weighted by atomic mass is 10.1. The van der Waals surface area contributed by atoms with Crippen LogP contribution < -0.4 is 5.73 Å². The molecule has 0 radical (unpaired) electrons. The fourth-order valence-electron chi connectivity index (χ4n) is 1.11. The van der Waals surface area contributed by atoms with E-state index in [1.54, 1.807) is 13.2 Å². The normalized spacial score (nSPS) is 11.9. The van der Waals surface area contributed by atoms with Gasteiger partial charge in [0.2, 0.25) is 0 Å². The fraction of sp³-hybridized carbons (Fsp3) is 0.333. The molecule has 0 aromatic heterocycles. The predicted octanol–water partition coefficient (Wildman–Crippen LogP) is 1.17. The van der Waals surface area contributed by atoms with Crippen molar-refractivity contribution in [3.05, 3.63) is 23.8 Å². The molecule has 0 heterocycles. The Morgan fingerprint density at radius 2 is 2.00 bits per heavy atom. The Balaban J connectivity index is 0.00000169. The quantitative estimate of drug-likeness (QED) is 0.667. The van der Waals surface area contributed by atoms with Gasteiger partial charge in [0, 0.05) is 13.7 Å². The minimum absolute atomic E-state index is 0. The number of hydrogen-bond donors (Lipinski definition) is 3. The van der Waals surface area contributed by atoms with Crippen molar-refractivity contribution in [2.75, 3.05) is 13.7 Å². The van der Waals surface area contributed by atoms with Crippen LogP contribution in [0.1, 0.15) is 11.7 Å². The van der Waals surface area contributed by atoms with Crippen LogP contribution in [0.25, 0.3) is 0 Å². The Labute approximate surface area is 88.7 Å². The Bertz CT molecular complexity index is 289. The zero-order chi connectivity index (χ0) is 9.84. The monoisotopic (exact) mass is 219 g/mol. The number of phenols is 2. The summed E-state index contributed by atoms with van der Waals surface area (Å²) < 4.78 is 5.06. The van der Waals surface area contributed by atoms with Gasteiger partial charge >= 0.3 is 0 Å². The van der Waals surface area contributed by atoms with Crippen molar-refractivity contribution in [2.24, 2.45) is 5.73 Å². The van der Waals surface area contributed by atoms with Crippen molar-refractivity contribution < 1.29 is 14.9 Å². The molecule has 0 fully saturated rings. The van der Waals surface area contributed by atoms with Gasteiger partial charge in [-0.25, -0.2) is 0 Å². The van der Waals surface area contributed by atoms with Gasteiger partial charge in [-0.1, -0.05) is 6.07 Å². The number of phenolic OH excluding ortho intramolecular Hbond substituents is 2. The highest BCUT2D eigenvalue weighted by Crippen LogP contribution is 2.28. The highest BCUT2D eigenvalue weighted by atomic mass is 35.5. The van der Waals surface area contributed by atoms with Gasteiger partial charge < -0.3 is 20.7 Å². The number of halogens is 1. The van der Waals surface area contributed by atoms with Crippen LogP contribution in [-0.4, -0.2) is 23.9 Å². The Morgan fingerprint density at radius 3 is 2.43 bits per heavy atom. The summed E-state index contributed by atoms with van der Waals surface area (Å²) in [6.45, 7) is 0.334. The van der Waals surface area contributed by atoms with Crippen LogP contribution in [0.15, 0.2) is 18.2 Å². The molecule has 0 unspecified atom stereocenters. The first-order valence-corrected chi connectivity index (χ1v) is 3.93. The maximum Gasteiger partial charge on any atom is 0.157 e. The molecule has 4 nitrogen and oxygen atoms in total. The number of methoxy groups -OCH3 is 1. The summed E-state index contributed by atoms with van der Waals surface area (Å²) in [4.78, 5) is 0. The van der Waals surface area contributed by atoms with Gasteiger partial charge in [-0.3, -0.25) is 0 Å². The van der Waals surface area contributed by atoms with Gasteiger partial charge in [0.05, 0.1) is 6.10 Å². The lowest BCUT2D eigenvalue weighted by molar-refractivity contribution is 0.110. The molecule has 1 aromatic carbocycles. The third-order valence-corrected chi connectivity index (χ3v) is 1.87. The van der Waals surface area contributed by atoms with Crippen LogP contribution in [-0.2, 0) is 4.74 Å². The zero-order valence-corrected chi connectivity index (χ0v) is 8.62. The SMILES string of the molecule is CO[C@H](CN)c1ccc(O)c(O)c1.Cl. The molecule has 14 heavy (non-hydrogen) atoms. The van der Waals surface area contributed by atoms with Gasteiger partial charge in [-0.05, 0) is 17.7 Å². The Hall–Kier alpha value is -0.970. The van der Waals surface area contributed by atoms with E-state index in [2.05, 4.69) is 0 Å². The van der Waals surface area contributed by atoms with Crippen LogP contribution in [0.4, 0.5) is 0 Å². The van der Waals surface area contributed by atoms with E-state index in [0.29, 0.717) is 6.54 Å². The highest BCUT2D eigenvalue weighted by Gasteiger charge is 2.09. The van der Waals surface area contributed by atoms with E-state index in [1.807, 2.05) is 0 Å². The average molecular weight is 220 g/mol. The van der Waals surface area contributed by atoms with E-state index in [1.165, 1.54) is 12.1 Å². The van der Waals surface area contributed by atoms with Crippen LogP contribution in [0.5, 0.6) is 11.5 Å². The molecule has 0 bridgehead atoms. The molecule has 0 spiro atoms. The molecule has 80 valence electrons. The number of aromatic hydroxyl groups is 2. The molecule has 0 aliphatic rings. The van der Waals surface area contributed by atoms with Crippen molar-refractivity contribution >= 4 is 12.4 Å². The van der Waals surface area contributed by atoms with Gasteiger partial charge in [0.1, 0.15) is 0 Å². The van der Waals surface area contributed by atoms with Gasteiger partial charge in [-0.2, -0.15) is 0 Å². The van der Waals surface area contributed by atoms with E-state index in [0.717, 1.165) is 5.56 Å². The third kappa shape index (κ3) is 2.77. The van der Waals surface area contributed by atoms with E-state index in [-0.39, 0.29) is 30.0 Å². The summed E-state index contributed by atoms with van der Waals surface area (Å²) in [5.41, 5.74) is 6.18. The van der Waals surface area contributed by atoms with Gasteiger partial charge in [0.25, 0.3) is 0 Å². The Morgan fingerprint density at radius 1 is 1.36 bits per heavy atom. The van der Waals surface area contributed by atoms with Crippen molar-refractivity contribution in [3.8, 4) is 11.5 Å². The largest absolute Gasteiger partial charge is 0.504 e. The standard InChI is InChI=1S/C9H13NO3.ClH/c1-13-9(5-10)6-2-3-7(11)8(12)4-6;/h2-4,9,11-12H,5,10H2,1H3;1H/t9-;/m1./s1. The lowest BCUT2D eigenvalue weighted by Crippen LogP contribution is -2.13. The molecule has 0 aliphatic carbocycles. The van der Waals surface area contributed by atoms with Crippen LogP contribution in [0.3, 0.4) is 0 Å². The number of hydrogen-bond acceptors (Lipinski definition) is 4. The molecule has 1 aromatic rings. The van der Waals surface area contributed by atoms with E-state index in [9.17, 15) is 5.11 Å². The molecule has 4 N–H and O–H groups in total. The zero-order valence-electron chi connectivity index (χ0n) is 7.80. The van der Waals surface area contributed by atoms with Crippen LogP contribution in [0, 0.1) is 0 Å². The predicted molar refractivity (Wildman–Crippen MR) is 55.8 cm³/mol. The smallest absolute Gasteiger partial charge is 0.157 e. The fourth-order valence-corrected chi connectivity index (χ4v) is 1.11. The second kappa shape index (κ2) is 5.70. The average Bonchev–Trinajstić information content (AvgIpc) is 2.13. The second-order valence-corrected chi connectivity index (χ2v) is 2.71. The topological polar surface area (TPSA) is 75.7 Å². The second-order valence-electron chi connectivity index (χ2n) is 2.71. The molecular formula is C9H14ClNO3. The number of benzene rings is 1. The summed E-state index contributed by atoms with van der Waals surface area (Å²) in [6.07, 6.45) is -0.244. The van der Waals surface area contributed by atoms with E-state index < -0.39 is 0 Å². The first-order chi connectivity index (χ1) is 6.19. The van der Waals surface area contributed by atoms with Gasteiger partial charge in [-0.15, -0.1) is 12.4 Å². The summed E-state index contributed by atoms with van der Waals surface area (Å²) >= 11 is 0. The van der Waals surface area contributed by atoms with Gasteiger partial charge in [0.15, 0.2) is 11.5 Å². The minimum Gasteiger partial charge on any atom is -0.504 e. The summed E-state index contributed by atoms with van der Waals surface area (Å²) in [5, 5.41) is 18.2. The van der Waals surface area contributed by atoms with Crippen LogP contribution >= 0.6 is 12.4 Å². The highest BCUT2D eigenvalue weighted by molar-refractivity contribution is 5.85. The molecule has 1 atom stereocenters. The van der Waals surface area contributed by atoms with Crippen molar-refractivity contribution in [2.45, 2.75) is 6.10 Å².